The van der Waals surface area contributed by atoms with E-state index in [1.165, 1.54) is 44.9 Å². The number of rotatable bonds is 9. The lowest BCUT2D eigenvalue weighted by molar-refractivity contribution is 0.117. The van der Waals surface area contributed by atoms with Crippen LogP contribution in [0, 0.1) is 5.92 Å². The zero-order valence-electron chi connectivity index (χ0n) is 13.3. The summed E-state index contributed by atoms with van der Waals surface area (Å²) < 4.78 is 5.62. The molecule has 0 bridgehead atoms. The molecule has 114 valence electrons. The first kappa shape index (κ1) is 16.9. The maximum absolute atomic E-state index is 5.62. The molecule has 1 N–H and O–H groups in total. The first-order chi connectivity index (χ1) is 9.22. The van der Waals surface area contributed by atoms with Gasteiger partial charge in [0.25, 0.3) is 0 Å². The molecule has 0 aromatic carbocycles. The highest BCUT2D eigenvalue weighted by Gasteiger charge is 2.17. The summed E-state index contributed by atoms with van der Waals surface area (Å²) in [7, 11) is 4.17. The molecule has 19 heavy (non-hydrogen) atoms. The molecule has 0 spiro atoms. The fourth-order valence-electron chi connectivity index (χ4n) is 2.96. The molecular formula is C16H34N2O. The van der Waals surface area contributed by atoms with Gasteiger partial charge in [0, 0.05) is 19.1 Å². The summed E-state index contributed by atoms with van der Waals surface area (Å²) in [6, 6.07) is 0.735. The second-order valence-corrected chi connectivity index (χ2v) is 6.23. The Balaban J connectivity index is 2.00. The second-order valence-electron chi connectivity index (χ2n) is 6.23. The summed E-state index contributed by atoms with van der Waals surface area (Å²) in [6.07, 6.45) is 9.78. The van der Waals surface area contributed by atoms with Crippen molar-refractivity contribution in [1.29, 1.82) is 0 Å². The minimum atomic E-state index is 0.735. The number of likely N-dealkylation sites (N-methyl/N-ethyl adjacent to an activating group) is 1. The first-order valence-electron chi connectivity index (χ1n) is 8.18. The maximum atomic E-state index is 5.62. The molecule has 0 aromatic heterocycles. The molecule has 1 aliphatic carbocycles. The van der Waals surface area contributed by atoms with E-state index >= 15 is 0 Å². The molecule has 1 aliphatic rings. The van der Waals surface area contributed by atoms with Crippen molar-refractivity contribution in [3.8, 4) is 0 Å². The van der Waals surface area contributed by atoms with Gasteiger partial charge >= 0.3 is 0 Å². The van der Waals surface area contributed by atoms with Crippen LogP contribution in [-0.4, -0.2) is 51.3 Å². The molecular weight excluding hydrogens is 236 g/mol. The maximum Gasteiger partial charge on any atom is 0.0593 e. The van der Waals surface area contributed by atoms with E-state index < -0.39 is 0 Å². The molecule has 3 nitrogen and oxygen atoms in total. The van der Waals surface area contributed by atoms with E-state index in [-0.39, 0.29) is 0 Å². The van der Waals surface area contributed by atoms with Crippen LogP contribution in [0.25, 0.3) is 0 Å². The molecule has 0 amide bonds. The Morgan fingerprint density at radius 1 is 1.11 bits per heavy atom. The van der Waals surface area contributed by atoms with Gasteiger partial charge in [-0.15, -0.1) is 0 Å². The molecule has 0 heterocycles. The van der Waals surface area contributed by atoms with Crippen LogP contribution in [0.4, 0.5) is 0 Å². The van der Waals surface area contributed by atoms with Gasteiger partial charge in [-0.25, -0.2) is 0 Å². The third kappa shape index (κ3) is 8.61. The standard InChI is InChI=1S/C16H34N2O/c1-4-6-15-7-5-8-16(10-9-15)17-11-13-19-14-12-18(2)3/h15-17H,4-14H2,1-3H3. The van der Waals surface area contributed by atoms with Crippen LogP contribution in [0.2, 0.25) is 0 Å². The largest absolute Gasteiger partial charge is 0.379 e. The number of hydrogen-bond acceptors (Lipinski definition) is 3. The van der Waals surface area contributed by atoms with Crippen molar-refractivity contribution in [2.45, 2.75) is 57.9 Å². The predicted molar refractivity (Wildman–Crippen MR) is 82.6 cm³/mol. The zero-order valence-corrected chi connectivity index (χ0v) is 13.3. The minimum absolute atomic E-state index is 0.735. The van der Waals surface area contributed by atoms with E-state index in [1.807, 2.05) is 0 Å². The van der Waals surface area contributed by atoms with Gasteiger partial charge in [-0.1, -0.05) is 32.6 Å². The molecule has 0 aliphatic heterocycles. The lowest BCUT2D eigenvalue weighted by Crippen LogP contribution is -2.32. The van der Waals surface area contributed by atoms with Crippen LogP contribution in [0.15, 0.2) is 0 Å². The number of nitrogens with one attached hydrogen (secondary N) is 1. The molecule has 2 atom stereocenters. The topological polar surface area (TPSA) is 24.5 Å². The molecule has 1 saturated carbocycles. The van der Waals surface area contributed by atoms with E-state index in [0.29, 0.717) is 0 Å². The van der Waals surface area contributed by atoms with Crippen molar-refractivity contribution in [1.82, 2.24) is 10.2 Å². The zero-order chi connectivity index (χ0) is 13.9. The molecule has 0 aromatic rings. The van der Waals surface area contributed by atoms with Gasteiger partial charge in [-0.2, -0.15) is 0 Å². The lowest BCUT2D eigenvalue weighted by atomic mass is 9.95. The lowest BCUT2D eigenvalue weighted by Gasteiger charge is -2.17. The Labute approximate surface area is 120 Å². The van der Waals surface area contributed by atoms with Crippen molar-refractivity contribution in [2.24, 2.45) is 5.92 Å². The minimum Gasteiger partial charge on any atom is -0.379 e. The average molecular weight is 270 g/mol. The van der Waals surface area contributed by atoms with Gasteiger partial charge in [0.05, 0.1) is 13.2 Å². The Hall–Kier alpha value is -0.120. The highest BCUT2D eigenvalue weighted by molar-refractivity contribution is 4.74. The smallest absolute Gasteiger partial charge is 0.0593 e. The molecule has 0 saturated heterocycles. The molecule has 0 radical (unpaired) electrons. The fourth-order valence-corrected chi connectivity index (χ4v) is 2.96. The molecule has 3 heteroatoms. The summed E-state index contributed by atoms with van der Waals surface area (Å²) >= 11 is 0. The van der Waals surface area contributed by atoms with E-state index in [4.69, 9.17) is 4.74 Å². The third-order valence-corrected chi connectivity index (χ3v) is 4.15. The van der Waals surface area contributed by atoms with Crippen LogP contribution in [-0.2, 0) is 4.74 Å². The Morgan fingerprint density at radius 2 is 1.95 bits per heavy atom. The number of ether oxygens (including phenoxy) is 1. The fraction of sp³-hybridized carbons (Fsp3) is 1.00. The van der Waals surface area contributed by atoms with Gasteiger partial charge < -0.3 is 15.0 Å². The Kier molecular flexibility index (Phi) is 9.48. The summed E-state index contributed by atoms with van der Waals surface area (Å²) in [5, 5.41) is 3.67. The van der Waals surface area contributed by atoms with Crippen molar-refractivity contribution >= 4 is 0 Å². The summed E-state index contributed by atoms with van der Waals surface area (Å²) in [5.41, 5.74) is 0. The Morgan fingerprint density at radius 3 is 2.68 bits per heavy atom. The van der Waals surface area contributed by atoms with Gasteiger partial charge in [0.15, 0.2) is 0 Å². The summed E-state index contributed by atoms with van der Waals surface area (Å²) in [6.45, 7) is 6.03. The summed E-state index contributed by atoms with van der Waals surface area (Å²) in [4.78, 5) is 2.16. The first-order valence-corrected chi connectivity index (χ1v) is 8.18. The molecule has 1 fully saturated rings. The quantitative estimate of drug-likeness (QED) is 0.515. The molecule has 1 rings (SSSR count). The van der Waals surface area contributed by atoms with Gasteiger partial charge in [-0.3, -0.25) is 0 Å². The van der Waals surface area contributed by atoms with Crippen LogP contribution in [0.3, 0.4) is 0 Å². The summed E-state index contributed by atoms with van der Waals surface area (Å²) in [5.74, 6) is 0.994. The van der Waals surface area contributed by atoms with Crippen LogP contribution >= 0.6 is 0 Å². The van der Waals surface area contributed by atoms with Crippen LogP contribution < -0.4 is 5.32 Å². The van der Waals surface area contributed by atoms with Crippen molar-refractivity contribution in [3.05, 3.63) is 0 Å². The van der Waals surface area contributed by atoms with Gasteiger partial charge in [0.1, 0.15) is 0 Å². The van der Waals surface area contributed by atoms with Crippen LogP contribution in [0.5, 0.6) is 0 Å². The molecule has 2 unspecified atom stereocenters. The highest BCUT2D eigenvalue weighted by Crippen LogP contribution is 2.26. The van der Waals surface area contributed by atoms with Crippen molar-refractivity contribution in [2.75, 3.05) is 40.4 Å². The van der Waals surface area contributed by atoms with E-state index in [1.54, 1.807) is 0 Å². The number of hydrogen-bond donors (Lipinski definition) is 1. The van der Waals surface area contributed by atoms with Crippen molar-refractivity contribution in [3.63, 3.8) is 0 Å². The average Bonchev–Trinajstić information content (AvgIpc) is 2.59. The van der Waals surface area contributed by atoms with Gasteiger partial charge in [0.2, 0.25) is 0 Å². The van der Waals surface area contributed by atoms with E-state index in [2.05, 4.69) is 31.2 Å². The monoisotopic (exact) mass is 270 g/mol. The van der Waals surface area contributed by atoms with E-state index in [9.17, 15) is 0 Å². The highest BCUT2D eigenvalue weighted by atomic mass is 16.5. The Bertz CT molecular complexity index is 209. The third-order valence-electron chi connectivity index (χ3n) is 4.15. The predicted octanol–water partition coefficient (Wildman–Crippen LogP) is 2.90. The number of nitrogens with zero attached hydrogens (tertiary/aromatic N) is 1. The van der Waals surface area contributed by atoms with E-state index in [0.717, 1.165) is 38.3 Å². The van der Waals surface area contributed by atoms with Gasteiger partial charge in [-0.05, 0) is 39.3 Å². The second kappa shape index (κ2) is 10.6. The normalized spacial score (nSPS) is 24.6. The van der Waals surface area contributed by atoms with Crippen LogP contribution in [0.1, 0.15) is 51.9 Å². The van der Waals surface area contributed by atoms with Crippen molar-refractivity contribution < 1.29 is 4.74 Å². The SMILES string of the molecule is CCCC1CCCC(NCCOCCN(C)C)CC1.